The molecule has 170 valence electrons. The van der Waals surface area contributed by atoms with E-state index in [-0.39, 0.29) is 0 Å². The SMILES string of the molecule is CC(C)(C)CC(C)(C)C1CC(C)(C)CC(C)(C)C1C(C)(C)C(C)(C)C.CCC. The first-order valence-corrected chi connectivity index (χ1v) is 12.0. The Morgan fingerprint density at radius 1 is 0.750 bits per heavy atom. The molecule has 1 fully saturated rings. The first kappa shape index (κ1) is 28.0. The van der Waals surface area contributed by atoms with Crippen LogP contribution < -0.4 is 0 Å². The number of hydrogen-bond acceptors (Lipinski definition) is 0. The maximum atomic E-state index is 2.56. The second-order valence-corrected chi connectivity index (χ2v) is 15.0. The highest BCUT2D eigenvalue weighted by atomic mass is 14.6. The molecule has 0 aromatic carbocycles. The molecule has 0 amide bonds. The molecule has 1 aliphatic carbocycles. The molecule has 28 heavy (non-hydrogen) atoms. The molecular weight excluding hydrogens is 336 g/mol. The third-order valence-corrected chi connectivity index (χ3v) is 7.65. The molecule has 0 saturated heterocycles. The zero-order valence-electron chi connectivity index (χ0n) is 23.0. The fourth-order valence-corrected chi connectivity index (χ4v) is 6.85. The summed E-state index contributed by atoms with van der Waals surface area (Å²) in [5.41, 5.74) is 2.18. The molecule has 2 unspecified atom stereocenters. The van der Waals surface area contributed by atoms with Crippen molar-refractivity contribution in [1.82, 2.24) is 0 Å². The third-order valence-electron chi connectivity index (χ3n) is 7.65. The molecular formula is C28H58. The van der Waals surface area contributed by atoms with E-state index in [1.165, 1.54) is 25.7 Å². The van der Waals surface area contributed by atoms with Crippen molar-refractivity contribution in [3.8, 4) is 0 Å². The molecule has 2 atom stereocenters. The van der Waals surface area contributed by atoms with E-state index in [4.69, 9.17) is 0 Å². The van der Waals surface area contributed by atoms with Crippen molar-refractivity contribution in [2.45, 2.75) is 136 Å². The first-order chi connectivity index (χ1) is 12.0. The summed E-state index contributed by atoms with van der Waals surface area (Å²) < 4.78 is 0. The lowest BCUT2D eigenvalue weighted by atomic mass is 9.41. The van der Waals surface area contributed by atoms with Crippen LogP contribution in [0.5, 0.6) is 0 Å². The Morgan fingerprint density at radius 2 is 1.14 bits per heavy atom. The van der Waals surface area contributed by atoms with Gasteiger partial charge < -0.3 is 0 Å². The molecule has 0 spiro atoms. The van der Waals surface area contributed by atoms with E-state index in [0.717, 1.165) is 11.8 Å². The Morgan fingerprint density at radius 3 is 1.46 bits per heavy atom. The van der Waals surface area contributed by atoms with Gasteiger partial charge in [-0.2, -0.15) is 0 Å². The van der Waals surface area contributed by atoms with Crippen LogP contribution in [0.1, 0.15) is 136 Å². The van der Waals surface area contributed by atoms with Crippen LogP contribution >= 0.6 is 0 Å². The van der Waals surface area contributed by atoms with Crippen molar-refractivity contribution in [2.75, 3.05) is 0 Å². The second kappa shape index (κ2) is 8.63. The van der Waals surface area contributed by atoms with Gasteiger partial charge in [-0.3, -0.25) is 0 Å². The van der Waals surface area contributed by atoms with Gasteiger partial charge in [-0.15, -0.1) is 0 Å². The normalized spacial score (nSPS) is 25.7. The smallest absolute Gasteiger partial charge is 0.0269 e. The van der Waals surface area contributed by atoms with Gasteiger partial charge in [0, 0.05) is 0 Å². The van der Waals surface area contributed by atoms with E-state index in [9.17, 15) is 0 Å². The van der Waals surface area contributed by atoms with E-state index in [1.54, 1.807) is 0 Å². The van der Waals surface area contributed by atoms with Gasteiger partial charge in [0.2, 0.25) is 0 Å². The lowest BCUT2D eigenvalue weighted by Gasteiger charge is -2.63. The van der Waals surface area contributed by atoms with E-state index in [0.29, 0.717) is 32.5 Å². The van der Waals surface area contributed by atoms with Crippen LogP contribution in [0.15, 0.2) is 0 Å². The Hall–Kier alpha value is 0. The van der Waals surface area contributed by atoms with E-state index < -0.39 is 0 Å². The lowest BCUT2D eigenvalue weighted by Crippen LogP contribution is -2.56. The summed E-state index contributed by atoms with van der Waals surface area (Å²) in [6.07, 6.45) is 5.25. The van der Waals surface area contributed by atoms with Crippen LogP contribution in [0, 0.1) is 44.3 Å². The minimum Gasteiger partial charge on any atom is -0.0656 e. The zero-order chi connectivity index (χ0) is 23.0. The summed E-state index contributed by atoms with van der Waals surface area (Å²) in [5, 5.41) is 0. The van der Waals surface area contributed by atoms with Crippen molar-refractivity contribution in [2.24, 2.45) is 44.3 Å². The quantitative estimate of drug-likeness (QED) is 0.446. The van der Waals surface area contributed by atoms with Crippen molar-refractivity contribution in [3.63, 3.8) is 0 Å². The summed E-state index contributed by atoms with van der Waals surface area (Å²) in [6, 6.07) is 0. The lowest BCUT2D eigenvalue weighted by molar-refractivity contribution is -0.145. The van der Waals surface area contributed by atoms with Gasteiger partial charge in [0.1, 0.15) is 0 Å². The zero-order valence-corrected chi connectivity index (χ0v) is 23.0. The van der Waals surface area contributed by atoms with E-state index >= 15 is 0 Å². The Balaban J connectivity index is 0.00000227. The highest BCUT2D eigenvalue weighted by Crippen LogP contribution is 2.65. The van der Waals surface area contributed by atoms with Crippen LogP contribution in [0.4, 0.5) is 0 Å². The molecule has 0 bridgehead atoms. The second-order valence-electron chi connectivity index (χ2n) is 15.0. The molecule has 0 heterocycles. The van der Waals surface area contributed by atoms with Crippen LogP contribution in [0.25, 0.3) is 0 Å². The van der Waals surface area contributed by atoms with Crippen LogP contribution in [0.3, 0.4) is 0 Å². The monoisotopic (exact) mass is 394 g/mol. The minimum absolute atomic E-state index is 0.312. The maximum Gasteiger partial charge on any atom is -0.0269 e. The Bertz CT molecular complexity index is 473. The molecule has 0 radical (unpaired) electrons. The molecule has 0 nitrogen and oxygen atoms in total. The Labute approximate surface area is 181 Å². The summed E-state index contributed by atoms with van der Waals surface area (Å²) in [6.45, 7) is 39.2. The molecule has 0 aromatic heterocycles. The van der Waals surface area contributed by atoms with Gasteiger partial charge in [0.25, 0.3) is 0 Å². The van der Waals surface area contributed by atoms with Gasteiger partial charge in [-0.25, -0.2) is 0 Å². The van der Waals surface area contributed by atoms with Gasteiger partial charge >= 0.3 is 0 Å². The average molecular weight is 395 g/mol. The van der Waals surface area contributed by atoms with Crippen molar-refractivity contribution in [1.29, 1.82) is 0 Å². The largest absolute Gasteiger partial charge is 0.0656 e. The standard InChI is InChI=1S/C25H50.C3H8/c1-20(2,3)16-23(9,10)18-15-22(7,8)17-24(11,12)19(18)25(13,14)21(4,5)6;1-3-2/h18-19H,15-17H2,1-14H3;3H2,1-2H3. The van der Waals surface area contributed by atoms with Gasteiger partial charge in [-0.1, -0.05) is 117 Å². The number of rotatable bonds is 3. The summed E-state index contributed by atoms with van der Waals surface area (Å²) in [5.74, 6) is 1.50. The minimum atomic E-state index is 0.312. The van der Waals surface area contributed by atoms with E-state index in [2.05, 4.69) is 111 Å². The molecule has 0 aromatic rings. The van der Waals surface area contributed by atoms with Crippen LogP contribution in [-0.2, 0) is 0 Å². The fourth-order valence-electron chi connectivity index (χ4n) is 6.85. The highest BCUT2D eigenvalue weighted by molar-refractivity contribution is 5.07. The topological polar surface area (TPSA) is 0 Å². The molecule has 0 N–H and O–H groups in total. The molecule has 0 heteroatoms. The van der Waals surface area contributed by atoms with Gasteiger partial charge in [-0.05, 0) is 63.6 Å². The van der Waals surface area contributed by atoms with Gasteiger partial charge in [0.05, 0.1) is 0 Å². The van der Waals surface area contributed by atoms with E-state index in [1.807, 2.05) is 0 Å². The van der Waals surface area contributed by atoms with Crippen LogP contribution in [-0.4, -0.2) is 0 Å². The molecule has 1 rings (SSSR count). The maximum absolute atomic E-state index is 2.56. The van der Waals surface area contributed by atoms with Gasteiger partial charge in [0.15, 0.2) is 0 Å². The molecule has 1 aliphatic rings. The predicted octanol–water partition coefficient (Wildman–Crippen LogP) is 10.0. The molecule has 1 saturated carbocycles. The fraction of sp³-hybridized carbons (Fsp3) is 1.00. The summed E-state index contributed by atoms with van der Waals surface area (Å²) in [4.78, 5) is 0. The Kier molecular flexibility index (Phi) is 8.63. The summed E-state index contributed by atoms with van der Waals surface area (Å²) in [7, 11) is 0. The first-order valence-electron chi connectivity index (χ1n) is 12.0. The molecule has 0 aliphatic heterocycles. The van der Waals surface area contributed by atoms with Crippen molar-refractivity contribution < 1.29 is 0 Å². The highest BCUT2D eigenvalue weighted by Gasteiger charge is 2.58. The third kappa shape index (κ3) is 7.05. The summed E-state index contributed by atoms with van der Waals surface area (Å²) >= 11 is 0. The average Bonchev–Trinajstić information content (AvgIpc) is 2.30. The predicted molar refractivity (Wildman–Crippen MR) is 131 cm³/mol. The van der Waals surface area contributed by atoms with Crippen molar-refractivity contribution in [3.05, 3.63) is 0 Å². The number of hydrogen-bond donors (Lipinski definition) is 0. The van der Waals surface area contributed by atoms with Crippen LogP contribution in [0.2, 0.25) is 0 Å². The van der Waals surface area contributed by atoms with Crippen molar-refractivity contribution >= 4 is 0 Å².